The van der Waals surface area contributed by atoms with Gasteiger partial charge in [0.25, 0.3) is 0 Å². The number of hydrogen-bond acceptors (Lipinski definition) is 4. The quantitative estimate of drug-likeness (QED) is 0.776. The van der Waals surface area contributed by atoms with Crippen molar-refractivity contribution < 1.29 is 4.79 Å². The molecule has 1 saturated carbocycles. The molecular formula is C18H25BrN4O. The van der Waals surface area contributed by atoms with Crippen molar-refractivity contribution in [3.8, 4) is 0 Å². The van der Waals surface area contributed by atoms with Crippen molar-refractivity contribution in [1.82, 2.24) is 20.7 Å². The fraction of sp³-hybridized carbons (Fsp3) is 0.667. The molecule has 3 heterocycles. The van der Waals surface area contributed by atoms with Gasteiger partial charge < -0.3 is 4.90 Å². The molecule has 0 spiro atoms. The van der Waals surface area contributed by atoms with Crippen LogP contribution in [0.1, 0.15) is 50.1 Å². The molecule has 4 rings (SSSR count). The first-order chi connectivity index (χ1) is 11.8. The number of rotatable bonds is 3. The molecule has 4 unspecified atom stereocenters. The van der Waals surface area contributed by atoms with Gasteiger partial charge in [-0.25, -0.2) is 5.43 Å². The Morgan fingerprint density at radius 2 is 1.92 bits per heavy atom. The maximum atomic E-state index is 13.3. The third-order valence-corrected chi connectivity index (χ3v) is 6.69. The number of hydrazine groups is 1. The van der Waals surface area contributed by atoms with Gasteiger partial charge in [-0.2, -0.15) is 0 Å². The van der Waals surface area contributed by atoms with E-state index in [2.05, 4.69) is 48.8 Å². The number of carbonyl (C=O) groups is 1. The summed E-state index contributed by atoms with van der Waals surface area (Å²) in [7, 11) is 0. The van der Waals surface area contributed by atoms with Crippen molar-refractivity contribution in [2.24, 2.45) is 5.92 Å². The highest BCUT2D eigenvalue weighted by atomic mass is 79.9. The zero-order valence-electron chi connectivity index (χ0n) is 13.8. The maximum absolute atomic E-state index is 13.3. The zero-order chi connectivity index (χ0) is 16.5. The number of amides is 1. The second-order valence-electron chi connectivity index (χ2n) is 7.25. The van der Waals surface area contributed by atoms with E-state index in [0.29, 0.717) is 12.0 Å². The lowest BCUT2D eigenvalue weighted by Gasteiger charge is -2.33. The Morgan fingerprint density at radius 3 is 2.67 bits per heavy atom. The monoisotopic (exact) mass is 392 g/mol. The van der Waals surface area contributed by atoms with E-state index >= 15 is 0 Å². The van der Waals surface area contributed by atoms with Crippen molar-refractivity contribution in [2.45, 2.75) is 61.5 Å². The summed E-state index contributed by atoms with van der Waals surface area (Å²) in [6.45, 7) is 0.845. The third-order valence-electron chi connectivity index (χ3n) is 5.59. The molecule has 5 nitrogen and oxygen atoms in total. The second kappa shape index (κ2) is 7.10. The summed E-state index contributed by atoms with van der Waals surface area (Å²) in [6.07, 6.45) is 10.7. The third kappa shape index (κ3) is 3.24. The Balaban J connectivity index is 1.54. The summed E-state index contributed by atoms with van der Waals surface area (Å²) in [5, 5.41) is 0. The first-order valence-corrected chi connectivity index (χ1v) is 10.0. The van der Waals surface area contributed by atoms with Crippen LogP contribution in [0, 0.1) is 5.92 Å². The number of halogens is 1. The molecule has 0 radical (unpaired) electrons. The van der Waals surface area contributed by atoms with Crippen molar-refractivity contribution in [1.29, 1.82) is 0 Å². The standard InChI is InChI=1S/C18H25BrN4O/c19-15-16(13-5-6-13)21-22-17(15)18(24)23-11-3-1-2-4-14(23)12-7-9-20-10-8-12/h7-10,13-17,21-22H,1-6,11H2. The van der Waals surface area contributed by atoms with Gasteiger partial charge in [0.05, 0.1) is 10.9 Å². The van der Waals surface area contributed by atoms with Gasteiger partial charge in [-0.05, 0) is 49.3 Å². The summed E-state index contributed by atoms with van der Waals surface area (Å²) in [4.78, 5) is 19.7. The Bertz CT molecular complexity index is 580. The molecule has 0 aromatic carbocycles. The molecule has 2 aliphatic heterocycles. The molecule has 1 aliphatic carbocycles. The summed E-state index contributed by atoms with van der Waals surface area (Å²) < 4.78 is 0. The minimum atomic E-state index is -0.182. The number of hydrogen-bond donors (Lipinski definition) is 2. The van der Waals surface area contributed by atoms with Gasteiger partial charge in [0.1, 0.15) is 6.04 Å². The van der Waals surface area contributed by atoms with Gasteiger partial charge in [0, 0.05) is 25.0 Å². The van der Waals surface area contributed by atoms with E-state index in [1.807, 2.05) is 12.4 Å². The average Bonchev–Trinajstić information content (AvgIpc) is 3.41. The van der Waals surface area contributed by atoms with E-state index in [-0.39, 0.29) is 22.8 Å². The van der Waals surface area contributed by atoms with E-state index in [1.54, 1.807) is 0 Å². The maximum Gasteiger partial charge on any atom is 0.242 e. The minimum absolute atomic E-state index is 0.166. The van der Waals surface area contributed by atoms with Crippen molar-refractivity contribution in [3.05, 3.63) is 30.1 Å². The normalized spacial score (nSPS) is 34.1. The molecule has 3 fully saturated rings. The lowest BCUT2D eigenvalue weighted by molar-refractivity contribution is -0.135. The van der Waals surface area contributed by atoms with Crippen molar-refractivity contribution >= 4 is 21.8 Å². The Morgan fingerprint density at radius 1 is 1.12 bits per heavy atom. The summed E-state index contributed by atoms with van der Waals surface area (Å²) >= 11 is 3.79. The number of alkyl halides is 1. The van der Waals surface area contributed by atoms with E-state index in [9.17, 15) is 4.79 Å². The first-order valence-electron chi connectivity index (χ1n) is 9.11. The van der Waals surface area contributed by atoms with E-state index < -0.39 is 0 Å². The van der Waals surface area contributed by atoms with Crippen LogP contribution in [0.15, 0.2) is 24.5 Å². The van der Waals surface area contributed by atoms with Crippen LogP contribution in [0.2, 0.25) is 0 Å². The molecule has 1 aromatic rings. The number of aromatic nitrogens is 1. The van der Waals surface area contributed by atoms with E-state index in [1.165, 1.54) is 31.2 Å². The second-order valence-corrected chi connectivity index (χ2v) is 8.31. The molecule has 1 aromatic heterocycles. The molecule has 3 aliphatic rings. The van der Waals surface area contributed by atoms with Gasteiger partial charge in [-0.3, -0.25) is 15.2 Å². The van der Waals surface area contributed by atoms with Crippen LogP contribution in [0.4, 0.5) is 0 Å². The summed E-state index contributed by atoms with van der Waals surface area (Å²) in [6, 6.07) is 4.46. The lowest BCUT2D eigenvalue weighted by Crippen LogP contribution is -2.49. The highest BCUT2D eigenvalue weighted by molar-refractivity contribution is 9.09. The highest BCUT2D eigenvalue weighted by Crippen LogP contribution is 2.39. The van der Waals surface area contributed by atoms with Crippen LogP contribution in [-0.4, -0.2) is 39.2 Å². The molecule has 2 N–H and O–H groups in total. The van der Waals surface area contributed by atoms with Crippen LogP contribution in [0.3, 0.4) is 0 Å². The number of pyridine rings is 1. The predicted molar refractivity (Wildman–Crippen MR) is 96.4 cm³/mol. The molecule has 130 valence electrons. The van der Waals surface area contributed by atoms with Crippen LogP contribution in [0.25, 0.3) is 0 Å². The van der Waals surface area contributed by atoms with E-state index in [0.717, 1.165) is 19.4 Å². The molecule has 1 amide bonds. The largest absolute Gasteiger partial charge is 0.334 e. The Hall–Kier alpha value is -0.980. The molecular weight excluding hydrogens is 368 g/mol. The Kier molecular flexibility index (Phi) is 4.88. The minimum Gasteiger partial charge on any atom is -0.334 e. The summed E-state index contributed by atoms with van der Waals surface area (Å²) in [5.74, 6) is 0.927. The zero-order valence-corrected chi connectivity index (χ0v) is 15.4. The Labute approximate surface area is 151 Å². The molecule has 0 bridgehead atoms. The molecule has 2 saturated heterocycles. The van der Waals surface area contributed by atoms with Crippen molar-refractivity contribution in [3.63, 3.8) is 0 Å². The fourth-order valence-electron chi connectivity index (χ4n) is 4.07. The van der Waals surface area contributed by atoms with Crippen LogP contribution in [-0.2, 0) is 4.79 Å². The number of likely N-dealkylation sites (tertiary alicyclic amines) is 1. The number of carbonyl (C=O) groups excluding carboxylic acids is 1. The van der Waals surface area contributed by atoms with E-state index in [4.69, 9.17) is 0 Å². The number of nitrogens with zero attached hydrogens (tertiary/aromatic N) is 2. The predicted octanol–water partition coefficient (Wildman–Crippen LogP) is 2.54. The lowest BCUT2D eigenvalue weighted by atomic mass is 10.00. The molecule has 6 heteroatoms. The van der Waals surface area contributed by atoms with Crippen LogP contribution in [0.5, 0.6) is 0 Å². The van der Waals surface area contributed by atoms with Crippen LogP contribution >= 0.6 is 15.9 Å². The molecule has 24 heavy (non-hydrogen) atoms. The van der Waals surface area contributed by atoms with Crippen molar-refractivity contribution in [2.75, 3.05) is 6.54 Å². The number of nitrogens with one attached hydrogen (secondary N) is 2. The van der Waals surface area contributed by atoms with Gasteiger partial charge in [0.15, 0.2) is 0 Å². The van der Waals surface area contributed by atoms with Gasteiger partial charge >= 0.3 is 0 Å². The van der Waals surface area contributed by atoms with Gasteiger partial charge in [0.2, 0.25) is 5.91 Å². The summed E-state index contributed by atoms with van der Waals surface area (Å²) in [5.41, 5.74) is 7.83. The van der Waals surface area contributed by atoms with Gasteiger partial charge in [-0.15, -0.1) is 0 Å². The average molecular weight is 393 g/mol. The topological polar surface area (TPSA) is 57.3 Å². The first kappa shape index (κ1) is 16.5. The molecule has 4 atom stereocenters. The van der Waals surface area contributed by atoms with Gasteiger partial charge in [-0.1, -0.05) is 28.8 Å². The van der Waals surface area contributed by atoms with Crippen LogP contribution < -0.4 is 10.9 Å². The highest BCUT2D eigenvalue weighted by Gasteiger charge is 2.47. The smallest absolute Gasteiger partial charge is 0.242 e. The fourth-order valence-corrected chi connectivity index (χ4v) is 4.99. The SMILES string of the molecule is O=C(C1NNC(C2CC2)C1Br)N1CCCCCC1c1ccncc1.